The van der Waals surface area contributed by atoms with Crippen molar-refractivity contribution >= 4 is 29.9 Å². The third kappa shape index (κ3) is 6.13. The molecule has 146 valence electrons. The van der Waals surface area contributed by atoms with Crippen molar-refractivity contribution in [2.75, 3.05) is 26.2 Å². The average molecular weight is 409 g/mol. The second kappa shape index (κ2) is 11.2. The summed E-state index contributed by atoms with van der Waals surface area (Å²) in [7, 11) is 0. The Morgan fingerprint density at radius 2 is 1.85 bits per heavy atom. The third-order valence-electron chi connectivity index (χ3n) is 4.57. The fraction of sp³-hybridized carbons (Fsp3) is 0.381. The van der Waals surface area contributed by atoms with Gasteiger partial charge in [0, 0.05) is 17.7 Å². The fourth-order valence-corrected chi connectivity index (χ4v) is 3.39. The van der Waals surface area contributed by atoms with Crippen molar-refractivity contribution in [1.82, 2.24) is 10.6 Å². The topological polar surface area (TPSA) is 50.4 Å². The van der Waals surface area contributed by atoms with Gasteiger partial charge >= 0.3 is 0 Å². The molecule has 0 fully saturated rings. The molecule has 1 aliphatic heterocycles. The Labute approximate surface area is 172 Å². The number of unbranched alkanes of at least 4 members (excludes halogenated alkanes) is 1. The second-order valence-corrected chi connectivity index (χ2v) is 6.85. The Balaban J connectivity index is 0.00000261. The average Bonchev–Trinajstić information content (AvgIpc) is 2.92. The molecule has 3 rings (SSSR count). The second-order valence-electron chi connectivity index (χ2n) is 6.44. The van der Waals surface area contributed by atoms with Gasteiger partial charge in [0.05, 0.1) is 11.6 Å². The van der Waals surface area contributed by atoms with E-state index in [9.17, 15) is 4.79 Å². The lowest BCUT2D eigenvalue weighted by Gasteiger charge is -2.15. The number of rotatable bonds is 7. The highest BCUT2D eigenvalue weighted by Gasteiger charge is 2.15. The summed E-state index contributed by atoms with van der Waals surface area (Å²) < 4.78 is 6.01. The van der Waals surface area contributed by atoms with Gasteiger partial charge in [0.15, 0.2) is 0 Å². The van der Waals surface area contributed by atoms with Crippen molar-refractivity contribution in [1.29, 1.82) is 0 Å². The highest BCUT2D eigenvalue weighted by molar-refractivity contribution is 6.32. The Bertz CT molecular complexity index is 738. The van der Waals surface area contributed by atoms with Crippen LogP contribution in [-0.2, 0) is 12.8 Å². The number of hydrogen-bond donors (Lipinski definition) is 2. The minimum atomic E-state index is -0.0320. The number of ether oxygens (including phenoxy) is 1. The fourth-order valence-electron chi connectivity index (χ4n) is 3.16. The molecular weight excluding hydrogens is 383 g/mol. The van der Waals surface area contributed by atoms with Crippen LogP contribution in [0.1, 0.15) is 34.3 Å². The molecule has 1 amide bonds. The van der Waals surface area contributed by atoms with E-state index >= 15 is 0 Å². The zero-order chi connectivity index (χ0) is 18.2. The van der Waals surface area contributed by atoms with Crippen LogP contribution in [0.3, 0.4) is 0 Å². The van der Waals surface area contributed by atoms with Crippen molar-refractivity contribution < 1.29 is 9.53 Å². The standard InChI is InChI=1S/C21H25ClN2O2.ClH/c22-19-9-8-16-10-13-23-14-11-18(16)20(19)26-15-5-4-12-24-21(25)17-6-2-1-3-7-17;/h1-3,6-9,23H,4-5,10-15H2,(H,24,25);1H. The number of benzene rings is 2. The molecule has 2 aromatic rings. The van der Waals surface area contributed by atoms with Gasteiger partial charge in [0.25, 0.3) is 5.91 Å². The maximum Gasteiger partial charge on any atom is 0.251 e. The summed E-state index contributed by atoms with van der Waals surface area (Å²) >= 11 is 6.36. The summed E-state index contributed by atoms with van der Waals surface area (Å²) in [5.74, 6) is 0.802. The zero-order valence-electron chi connectivity index (χ0n) is 15.3. The van der Waals surface area contributed by atoms with Gasteiger partial charge < -0.3 is 15.4 Å². The first kappa shape index (κ1) is 21.5. The van der Waals surface area contributed by atoms with E-state index in [0.717, 1.165) is 44.5 Å². The van der Waals surface area contributed by atoms with Crippen LogP contribution in [-0.4, -0.2) is 32.1 Å². The number of carbonyl (C=O) groups excluding carboxylic acids is 1. The summed E-state index contributed by atoms with van der Waals surface area (Å²) in [4.78, 5) is 12.0. The van der Waals surface area contributed by atoms with Crippen LogP contribution < -0.4 is 15.4 Å². The van der Waals surface area contributed by atoms with Gasteiger partial charge in [0.1, 0.15) is 5.75 Å². The van der Waals surface area contributed by atoms with E-state index in [1.54, 1.807) is 0 Å². The van der Waals surface area contributed by atoms with Gasteiger partial charge in [-0.05, 0) is 62.5 Å². The van der Waals surface area contributed by atoms with Crippen LogP contribution in [0, 0.1) is 0 Å². The molecule has 2 aromatic carbocycles. The molecule has 0 aromatic heterocycles. The number of halogens is 2. The monoisotopic (exact) mass is 408 g/mol. The van der Waals surface area contributed by atoms with Gasteiger partial charge in [-0.1, -0.05) is 35.9 Å². The molecule has 1 heterocycles. The van der Waals surface area contributed by atoms with Gasteiger partial charge in [-0.15, -0.1) is 12.4 Å². The molecule has 1 aliphatic rings. The SMILES string of the molecule is Cl.O=C(NCCCCOc1c(Cl)ccc2c1CCNCC2)c1ccccc1. The largest absolute Gasteiger partial charge is 0.492 e. The minimum absolute atomic E-state index is 0. The van der Waals surface area contributed by atoms with E-state index in [4.69, 9.17) is 16.3 Å². The zero-order valence-corrected chi connectivity index (χ0v) is 16.9. The molecule has 0 aliphatic carbocycles. The van der Waals surface area contributed by atoms with E-state index in [-0.39, 0.29) is 18.3 Å². The predicted molar refractivity (Wildman–Crippen MR) is 112 cm³/mol. The number of amides is 1. The van der Waals surface area contributed by atoms with Crippen molar-refractivity contribution in [3.63, 3.8) is 0 Å². The quantitative estimate of drug-likeness (QED) is 0.679. The van der Waals surface area contributed by atoms with Crippen molar-refractivity contribution in [3.05, 3.63) is 64.2 Å². The normalized spacial score (nSPS) is 13.1. The van der Waals surface area contributed by atoms with Crippen LogP contribution in [0.25, 0.3) is 0 Å². The molecule has 0 spiro atoms. The molecular formula is C21H26Cl2N2O2. The van der Waals surface area contributed by atoms with Gasteiger partial charge in [0.2, 0.25) is 0 Å². The molecule has 0 unspecified atom stereocenters. The predicted octanol–water partition coefficient (Wildman–Crippen LogP) is 4.04. The van der Waals surface area contributed by atoms with E-state index in [1.165, 1.54) is 11.1 Å². The molecule has 27 heavy (non-hydrogen) atoms. The minimum Gasteiger partial charge on any atom is -0.492 e. The Kier molecular flexibility index (Phi) is 8.92. The maximum atomic E-state index is 12.0. The summed E-state index contributed by atoms with van der Waals surface area (Å²) in [6.45, 7) is 3.19. The lowest BCUT2D eigenvalue weighted by molar-refractivity contribution is 0.0952. The number of nitrogens with one attached hydrogen (secondary N) is 2. The lowest BCUT2D eigenvalue weighted by atomic mass is 10.0. The van der Waals surface area contributed by atoms with Crippen LogP contribution in [0.15, 0.2) is 42.5 Å². The first-order valence-corrected chi connectivity index (χ1v) is 9.60. The highest BCUT2D eigenvalue weighted by atomic mass is 35.5. The molecule has 0 radical (unpaired) electrons. The van der Waals surface area contributed by atoms with Crippen LogP contribution >= 0.6 is 24.0 Å². The summed E-state index contributed by atoms with van der Waals surface area (Å²) in [6.07, 6.45) is 3.69. The van der Waals surface area contributed by atoms with Crippen LogP contribution in [0.4, 0.5) is 0 Å². The number of carbonyl (C=O) groups is 1. The molecule has 0 saturated heterocycles. The van der Waals surface area contributed by atoms with Crippen molar-refractivity contribution in [3.8, 4) is 5.75 Å². The van der Waals surface area contributed by atoms with E-state index in [2.05, 4.69) is 16.7 Å². The molecule has 6 heteroatoms. The number of fused-ring (bicyclic) bond motifs is 1. The molecule has 0 saturated carbocycles. The highest BCUT2D eigenvalue weighted by Crippen LogP contribution is 2.33. The van der Waals surface area contributed by atoms with Gasteiger partial charge in [-0.3, -0.25) is 4.79 Å². The van der Waals surface area contributed by atoms with Gasteiger partial charge in [-0.25, -0.2) is 0 Å². The van der Waals surface area contributed by atoms with E-state index in [0.29, 0.717) is 23.7 Å². The summed E-state index contributed by atoms with van der Waals surface area (Å²) in [5.41, 5.74) is 3.25. The molecule has 0 bridgehead atoms. The Morgan fingerprint density at radius 1 is 1.07 bits per heavy atom. The lowest BCUT2D eigenvalue weighted by Crippen LogP contribution is -2.24. The Hall–Kier alpha value is -1.75. The van der Waals surface area contributed by atoms with Crippen molar-refractivity contribution in [2.45, 2.75) is 25.7 Å². The maximum absolute atomic E-state index is 12.0. The molecule has 0 atom stereocenters. The third-order valence-corrected chi connectivity index (χ3v) is 4.87. The molecule has 2 N–H and O–H groups in total. The first-order valence-electron chi connectivity index (χ1n) is 9.23. The number of hydrogen-bond acceptors (Lipinski definition) is 3. The van der Waals surface area contributed by atoms with E-state index < -0.39 is 0 Å². The molecule has 4 nitrogen and oxygen atoms in total. The summed E-state index contributed by atoms with van der Waals surface area (Å²) in [5, 5.41) is 7.03. The van der Waals surface area contributed by atoms with Crippen molar-refractivity contribution in [2.24, 2.45) is 0 Å². The Morgan fingerprint density at radius 3 is 2.67 bits per heavy atom. The van der Waals surface area contributed by atoms with Crippen LogP contribution in [0.5, 0.6) is 5.75 Å². The smallest absolute Gasteiger partial charge is 0.251 e. The van der Waals surface area contributed by atoms with Crippen LogP contribution in [0.2, 0.25) is 5.02 Å². The summed E-state index contributed by atoms with van der Waals surface area (Å²) in [6, 6.07) is 13.3. The van der Waals surface area contributed by atoms with E-state index in [1.807, 2.05) is 36.4 Å². The van der Waals surface area contributed by atoms with Gasteiger partial charge in [-0.2, -0.15) is 0 Å². The first-order chi connectivity index (χ1) is 12.8.